The van der Waals surface area contributed by atoms with Gasteiger partial charge in [-0.1, -0.05) is 95.1 Å². The van der Waals surface area contributed by atoms with Crippen LogP contribution in [0.4, 0.5) is 0 Å². The van der Waals surface area contributed by atoms with Crippen LogP contribution in [-0.2, 0) is 16.5 Å². The Balaban J connectivity index is 0.00000512. The number of ether oxygens (including phenoxy) is 1. The van der Waals surface area contributed by atoms with Crippen LogP contribution < -0.4 is 39.4 Å². The van der Waals surface area contributed by atoms with Crippen LogP contribution in [0, 0.1) is 0 Å². The molecule has 0 atom stereocenters. The van der Waals surface area contributed by atoms with Crippen molar-refractivity contribution in [3.63, 3.8) is 0 Å². The van der Waals surface area contributed by atoms with Gasteiger partial charge in [0.2, 0.25) is 0 Å². The molecule has 172 valence electrons. The normalized spacial score (nSPS) is 11.2. The zero-order valence-corrected chi connectivity index (χ0v) is 22.3. The molecule has 7 heteroatoms. The van der Waals surface area contributed by atoms with E-state index in [1.165, 1.54) is 64.2 Å². The first-order chi connectivity index (χ1) is 14.9. The van der Waals surface area contributed by atoms with Gasteiger partial charge in [-0.05, 0) is 36.6 Å². The van der Waals surface area contributed by atoms with Gasteiger partial charge in [-0.15, -0.1) is 0 Å². The molecule has 2 aromatic rings. The molecule has 32 heavy (non-hydrogen) atoms. The van der Waals surface area contributed by atoms with E-state index in [4.69, 9.17) is 9.29 Å². The van der Waals surface area contributed by atoms with E-state index in [1.807, 2.05) is 18.2 Å². The summed E-state index contributed by atoms with van der Waals surface area (Å²) in [6.45, 7) is 2.25. The minimum Gasteiger partial charge on any atom is -0.870 e. The van der Waals surface area contributed by atoms with Gasteiger partial charge >= 0.3 is 29.6 Å². The quantitative estimate of drug-likeness (QED) is 0.244. The van der Waals surface area contributed by atoms with Crippen molar-refractivity contribution in [1.29, 1.82) is 0 Å². The van der Waals surface area contributed by atoms with E-state index >= 15 is 0 Å². The number of rotatable bonds is 15. The second-order valence-electron chi connectivity index (χ2n) is 8.12. The second-order valence-corrected chi connectivity index (χ2v) is 9.54. The van der Waals surface area contributed by atoms with Gasteiger partial charge in [0.1, 0.15) is 11.5 Å². The van der Waals surface area contributed by atoms with Crippen molar-refractivity contribution < 1.29 is 52.4 Å². The summed E-state index contributed by atoms with van der Waals surface area (Å²) < 4.78 is 37.3. The largest absolute Gasteiger partial charge is 1.00 e. The molecule has 2 rings (SSSR count). The van der Waals surface area contributed by atoms with Gasteiger partial charge in [-0.2, -0.15) is 8.42 Å². The first-order valence-corrected chi connectivity index (χ1v) is 12.9. The fourth-order valence-electron chi connectivity index (χ4n) is 3.61. The molecular weight excluding hydrogens is 435 g/mol. The molecule has 0 amide bonds. The van der Waals surface area contributed by atoms with Gasteiger partial charge in [-0.25, -0.2) is 0 Å². The van der Waals surface area contributed by atoms with Crippen molar-refractivity contribution in [3.8, 4) is 17.2 Å². The second kappa shape index (κ2) is 15.7. The maximum absolute atomic E-state index is 12.0. The predicted octanol–water partition coefficient (Wildman–Crippen LogP) is 3.66. The Morgan fingerprint density at radius 1 is 0.844 bits per heavy atom. The molecule has 0 aromatic heterocycles. The number of aryl methyl sites for hydroxylation is 1. The molecule has 5 nitrogen and oxygen atoms in total. The number of benzene rings is 2. The van der Waals surface area contributed by atoms with Crippen molar-refractivity contribution in [2.75, 3.05) is 0 Å². The van der Waals surface area contributed by atoms with Crippen LogP contribution in [0.1, 0.15) is 83.1 Å². The third-order valence-electron chi connectivity index (χ3n) is 5.41. The maximum Gasteiger partial charge on any atom is 1.00 e. The number of unbranched alkanes of at least 4 members (excludes halogenated alkanes) is 10. The van der Waals surface area contributed by atoms with Crippen LogP contribution >= 0.6 is 0 Å². The van der Waals surface area contributed by atoms with Crippen LogP contribution in [0.15, 0.2) is 47.4 Å². The molecule has 1 N–H and O–H groups in total. The summed E-state index contributed by atoms with van der Waals surface area (Å²) in [7, 11) is -4.39. The van der Waals surface area contributed by atoms with Crippen molar-refractivity contribution in [3.05, 3.63) is 48.0 Å². The van der Waals surface area contributed by atoms with Crippen LogP contribution in [0.5, 0.6) is 17.2 Å². The molecule has 2 aromatic carbocycles. The van der Waals surface area contributed by atoms with Gasteiger partial charge in [0.05, 0.1) is 4.90 Å². The standard InChI is InChI=1S/C25H36O5S.Na/c1-2-3-4-5-6-7-8-9-10-11-12-14-21-15-13-16-22(19-21)30-25-20-23(31(27,28)29)17-18-24(25)26;/h13,15-20,26H,2-12,14H2,1H3,(H,27,28,29);/q;+1/p-1. The fraction of sp³-hybridized carbons (Fsp3) is 0.520. The van der Waals surface area contributed by atoms with Gasteiger partial charge in [0.15, 0.2) is 0 Å². The maximum atomic E-state index is 12.0. The van der Waals surface area contributed by atoms with Gasteiger partial charge in [-0.3, -0.25) is 4.55 Å². The van der Waals surface area contributed by atoms with Crippen LogP contribution in [0.2, 0.25) is 0 Å². The average Bonchev–Trinajstić information content (AvgIpc) is 2.73. The topological polar surface area (TPSA) is 86.7 Å². The Morgan fingerprint density at radius 2 is 1.44 bits per heavy atom. The van der Waals surface area contributed by atoms with Crippen molar-refractivity contribution in [2.45, 2.75) is 88.9 Å². The molecule has 0 heterocycles. The summed E-state index contributed by atoms with van der Waals surface area (Å²) in [5.74, 6) is -0.0877. The van der Waals surface area contributed by atoms with E-state index in [1.54, 1.807) is 6.07 Å². The summed E-state index contributed by atoms with van der Waals surface area (Å²) in [6.07, 6.45) is 15.2. The van der Waals surface area contributed by atoms with E-state index in [0.717, 1.165) is 36.6 Å². The van der Waals surface area contributed by atoms with Gasteiger partial charge in [0, 0.05) is 6.07 Å². The fourth-order valence-corrected chi connectivity index (χ4v) is 4.11. The molecule has 0 unspecified atom stereocenters. The summed E-state index contributed by atoms with van der Waals surface area (Å²) in [4.78, 5) is -0.362. The Labute approximate surface area is 215 Å². The van der Waals surface area contributed by atoms with E-state index in [0.29, 0.717) is 5.75 Å². The molecule has 0 fully saturated rings. The third kappa shape index (κ3) is 11.2. The molecule has 0 bridgehead atoms. The predicted molar refractivity (Wildman–Crippen MR) is 122 cm³/mol. The van der Waals surface area contributed by atoms with Crippen LogP contribution in [0.3, 0.4) is 0 Å². The van der Waals surface area contributed by atoms with E-state index in [2.05, 4.69) is 6.92 Å². The van der Waals surface area contributed by atoms with Crippen molar-refractivity contribution in [2.24, 2.45) is 0 Å². The Hall–Kier alpha value is -1.05. The number of hydrogen-bond acceptors (Lipinski definition) is 4. The van der Waals surface area contributed by atoms with Crippen LogP contribution in [0.25, 0.3) is 0 Å². The number of hydrogen-bond donors (Lipinski definition) is 1. The molecule has 0 aliphatic rings. The molecule has 0 saturated heterocycles. The smallest absolute Gasteiger partial charge is 0.870 e. The molecule has 0 saturated carbocycles. The summed E-state index contributed by atoms with van der Waals surface area (Å²) in [6, 6.07) is 10.7. The van der Waals surface area contributed by atoms with Gasteiger partial charge < -0.3 is 9.84 Å². The zero-order valence-electron chi connectivity index (χ0n) is 19.5. The molecule has 0 radical (unpaired) electrons. The SMILES string of the molecule is CCCCCCCCCCCCCc1cccc(Oc2cc(S(=O)(=O)O)ccc2[O-])c1.[Na+]. The molecule has 0 aliphatic heterocycles. The minimum atomic E-state index is -4.39. The molecule has 0 aliphatic carbocycles. The first kappa shape index (κ1) is 29.0. The van der Waals surface area contributed by atoms with E-state index < -0.39 is 15.9 Å². The zero-order chi connectivity index (χ0) is 22.5. The van der Waals surface area contributed by atoms with Gasteiger partial charge in [0.25, 0.3) is 10.1 Å². The third-order valence-corrected chi connectivity index (χ3v) is 6.26. The van der Waals surface area contributed by atoms with E-state index in [9.17, 15) is 13.5 Å². The average molecular weight is 471 g/mol. The minimum absolute atomic E-state index is 0. The summed E-state index contributed by atoms with van der Waals surface area (Å²) >= 11 is 0. The van der Waals surface area contributed by atoms with Crippen molar-refractivity contribution in [1.82, 2.24) is 0 Å². The summed E-state index contributed by atoms with van der Waals surface area (Å²) in [5.41, 5.74) is 1.12. The van der Waals surface area contributed by atoms with Crippen LogP contribution in [-0.4, -0.2) is 13.0 Å². The monoisotopic (exact) mass is 470 g/mol. The Morgan fingerprint density at radius 3 is 2.03 bits per heavy atom. The molecular formula is C25H35NaO5S. The first-order valence-electron chi connectivity index (χ1n) is 11.5. The van der Waals surface area contributed by atoms with Crippen molar-refractivity contribution >= 4 is 10.1 Å². The Kier molecular flexibility index (Phi) is 14.2. The van der Waals surface area contributed by atoms with E-state index in [-0.39, 0.29) is 40.2 Å². The molecule has 0 spiro atoms. The summed E-state index contributed by atoms with van der Waals surface area (Å²) in [5, 5.41) is 12.0. The Bertz CT molecular complexity index is 899.